The summed E-state index contributed by atoms with van der Waals surface area (Å²) in [5.74, 6) is 1.28. The molecule has 0 amide bonds. The highest BCUT2D eigenvalue weighted by atomic mass is 35.5. The molecule has 0 saturated carbocycles. The van der Waals surface area contributed by atoms with Gasteiger partial charge < -0.3 is 10.1 Å². The molecular formula is C10H11ClN4O. The maximum Gasteiger partial charge on any atom is 0.203 e. The second-order valence-corrected chi connectivity index (χ2v) is 4.36. The predicted octanol–water partition coefficient (Wildman–Crippen LogP) is 0.981. The van der Waals surface area contributed by atoms with Gasteiger partial charge in [0.1, 0.15) is 6.33 Å². The molecule has 0 bridgehead atoms. The highest BCUT2D eigenvalue weighted by Crippen LogP contribution is 2.23. The largest absolute Gasteiger partial charge is 0.489 e. The molecule has 1 aliphatic rings. The van der Waals surface area contributed by atoms with E-state index in [-0.39, 0.29) is 0 Å². The number of pyridine rings is 1. The number of halogens is 1. The van der Waals surface area contributed by atoms with Crippen molar-refractivity contribution in [1.82, 2.24) is 19.9 Å². The first-order valence-electron chi connectivity index (χ1n) is 5.15. The third-order valence-corrected chi connectivity index (χ3v) is 2.87. The van der Waals surface area contributed by atoms with E-state index in [1.807, 2.05) is 0 Å². The Balaban J connectivity index is 1.85. The van der Waals surface area contributed by atoms with Crippen LogP contribution >= 0.6 is 11.6 Å². The van der Waals surface area contributed by atoms with E-state index in [0.717, 1.165) is 13.1 Å². The molecule has 2 aromatic rings. The Morgan fingerprint density at radius 3 is 3.19 bits per heavy atom. The molecule has 0 aromatic carbocycles. The van der Waals surface area contributed by atoms with Crippen LogP contribution in [0.15, 0.2) is 18.6 Å². The minimum Gasteiger partial charge on any atom is -0.489 e. The van der Waals surface area contributed by atoms with Crippen LogP contribution in [-0.4, -0.2) is 34.3 Å². The summed E-state index contributed by atoms with van der Waals surface area (Å²) in [6.07, 6.45) is 3.37. The van der Waals surface area contributed by atoms with E-state index in [1.165, 1.54) is 0 Å². The van der Waals surface area contributed by atoms with Gasteiger partial charge in [0.15, 0.2) is 5.75 Å². The minimum absolute atomic E-state index is 0.585. The van der Waals surface area contributed by atoms with Crippen molar-refractivity contribution in [3.8, 4) is 5.75 Å². The first kappa shape index (κ1) is 9.86. The van der Waals surface area contributed by atoms with Crippen molar-refractivity contribution < 1.29 is 4.74 Å². The maximum atomic E-state index is 5.98. The lowest BCUT2D eigenvalue weighted by molar-refractivity contribution is 0.200. The Hall–Kier alpha value is -1.33. The summed E-state index contributed by atoms with van der Waals surface area (Å²) in [7, 11) is 0. The zero-order chi connectivity index (χ0) is 11.0. The van der Waals surface area contributed by atoms with Crippen molar-refractivity contribution in [2.24, 2.45) is 5.92 Å². The molecule has 0 aliphatic carbocycles. The quantitative estimate of drug-likeness (QED) is 0.866. The molecule has 16 heavy (non-hydrogen) atoms. The number of nitrogens with zero attached hydrogens (tertiary/aromatic N) is 3. The van der Waals surface area contributed by atoms with Gasteiger partial charge in [-0.1, -0.05) is 11.6 Å². The fraction of sp³-hybridized carbons (Fsp3) is 0.400. The number of aromatic nitrogens is 3. The van der Waals surface area contributed by atoms with E-state index in [2.05, 4.69) is 15.5 Å². The minimum atomic E-state index is 0.585. The van der Waals surface area contributed by atoms with Gasteiger partial charge in [0, 0.05) is 31.3 Å². The summed E-state index contributed by atoms with van der Waals surface area (Å²) in [5, 5.41) is 11.6. The third kappa shape index (κ3) is 1.72. The van der Waals surface area contributed by atoms with Crippen molar-refractivity contribution in [2.45, 2.75) is 0 Å². The zero-order valence-corrected chi connectivity index (χ0v) is 9.31. The number of ether oxygens (including phenoxy) is 1. The van der Waals surface area contributed by atoms with Gasteiger partial charge in [-0.15, -0.1) is 10.2 Å². The Kier molecular flexibility index (Phi) is 2.41. The van der Waals surface area contributed by atoms with E-state index in [0.29, 0.717) is 28.9 Å². The molecule has 3 heterocycles. The molecule has 1 aliphatic heterocycles. The van der Waals surface area contributed by atoms with E-state index in [4.69, 9.17) is 16.3 Å². The SMILES string of the molecule is Clc1cc(OCC2CNC2)c2nncn2c1. The van der Waals surface area contributed by atoms with Crippen LogP contribution in [-0.2, 0) is 0 Å². The second kappa shape index (κ2) is 3.92. The number of hydrogen-bond acceptors (Lipinski definition) is 4. The number of nitrogens with one attached hydrogen (secondary N) is 1. The highest BCUT2D eigenvalue weighted by Gasteiger charge is 2.18. The molecule has 0 spiro atoms. The van der Waals surface area contributed by atoms with Gasteiger partial charge in [0.05, 0.1) is 11.6 Å². The fourth-order valence-corrected chi connectivity index (χ4v) is 1.86. The van der Waals surface area contributed by atoms with Gasteiger partial charge in [-0.3, -0.25) is 4.40 Å². The summed E-state index contributed by atoms with van der Waals surface area (Å²) < 4.78 is 7.48. The molecule has 1 fully saturated rings. The van der Waals surface area contributed by atoms with Gasteiger partial charge >= 0.3 is 0 Å². The first-order chi connectivity index (χ1) is 7.83. The summed E-state index contributed by atoms with van der Waals surface area (Å²) >= 11 is 5.98. The van der Waals surface area contributed by atoms with Crippen molar-refractivity contribution in [3.05, 3.63) is 23.6 Å². The lowest BCUT2D eigenvalue weighted by Crippen LogP contribution is -2.45. The topological polar surface area (TPSA) is 51.5 Å². The smallest absolute Gasteiger partial charge is 0.203 e. The lowest BCUT2D eigenvalue weighted by Gasteiger charge is -2.26. The van der Waals surface area contributed by atoms with Crippen LogP contribution in [0.3, 0.4) is 0 Å². The Labute approximate surface area is 97.4 Å². The first-order valence-corrected chi connectivity index (χ1v) is 5.53. The van der Waals surface area contributed by atoms with Crippen LogP contribution < -0.4 is 10.1 Å². The van der Waals surface area contributed by atoms with Gasteiger partial charge in [-0.05, 0) is 0 Å². The van der Waals surface area contributed by atoms with E-state index in [1.54, 1.807) is 23.0 Å². The average Bonchev–Trinajstić information content (AvgIpc) is 2.62. The molecule has 1 N–H and O–H groups in total. The third-order valence-electron chi connectivity index (χ3n) is 2.67. The normalized spacial score (nSPS) is 16.3. The van der Waals surface area contributed by atoms with Crippen LogP contribution in [0.5, 0.6) is 5.75 Å². The van der Waals surface area contributed by atoms with Crippen molar-refractivity contribution >= 4 is 17.2 Å². The lowest BCUT2D eigenvalue weighted by atomic mass is 10.1. The second-order valence-electron chi connectivity index (χ2n) is 3.92. The van der Waals surface area contributed by atoms with Gasteiger partial charge in [0.2, 0.25) is 5.65 Å². The molecule has 5 nitrogen and oxygen atoms in total. The molecule has 1 saturated heterocycles. The number of fused-ring (bicyclic) bond motifs is 1. The van der Waals surface area contributed by atoms with Crippen LogP contribution in [0.4, 0.5) is 0 Å². The molecule has 84 valence electrons. The predicted molar refractivity (Wildman–Crippen MR) is 59.9 cm³/mol. The van der Waals surface area contributed by atoms with Crippen LogP contribution in [0.25, 0.3) is 5.65 Å². The summed E-state index contributed by atoms with van der Waals surface area (Å²) in [4.78, 5) is 0. The Morgan fingerprint density at radius 2 is 2.44 bits per heavy atom. The van der Waals surface area contributed by atoms with Gasteiger partial charge in [-0.2, -0.15) is 0 Å². The zero-order valence-electron chi connectivity index (χ0n) is 8.56. The van der Waals surface area contributed by atoms with Crippen molar-refractivity contribution in [3.63, 3.8) is 0 Å². The molecule has 6 heteroatoms. The van der Waals surface area contributed by atoms with E-state index in [9.17, 15) is 0 Å². The molecular weight excluding hydrogens is 228 g/mol. The van der Waals surface area contributed by atoms with Crippen molar-refractivity contribution in [2.75, 3.05) is 19.7 Å². The van der Waals surface area contributed by atoms with Crippen LogP contribution in [0.1, 0.15) is 0 Å². The van der Waals surface area contributed by atoms with E-state index < -0.39 is 0 Å². The Morgan fingerprint density at radius 1 is 1.56 bits per heavy atom. The Bertz CT molecular complexity index is 508. The van der Waals surface area contributed by atoms with Gasteiger partial charge in [0.25, 0.3) is 0 Å². The number of hydrogen-bond donors (Lipinski definition) is 1. The average molecular weight is 239 g/mol. The fourth-order valence-electron chi connectivity index (χ4n) is 1.65. The summed E-state index contributed by atoms with van der Waals surface area (Å²) in [5.41, 5.74) is 0.705. The molecule has 0 atom stereocenters. The highest BCUT2D eigenvalue weighted by molar-refractivity contribution is 6.30. The molecule has 2 aromatic heterocycles. The monoisotopic (exact) mass is 238 g/mol. The number of rotatable bonds is 3. The summed E-state index contributed by atoms with van der Waals surface area (Å²) in [6.45, 7) is 2.73. The molecule has 0 radical (unpaired) electrons. The van der Waals surface area contributed by atoms with Crippen molar-refractivity contribution in [1.29, 1.82) is 0 Å². The summed E-state index contributed by atoms with van der Waals surface area (Å²) in [6, 6.07) is 1.78. The van der Waals surface area contributed by atoms with E-state index >= 15 is 0 Å². The van der Waals surface area contributed by atoms with Crippen LogP contribution in [0, 0.1) is 5.92 Å². The van der Waals surface area contributed by atoms with Crippen LogP contribution in [0.2, 0.25) is 5.02 Å². The van der Waals surface area contributed by atoms with Gasteiger partial charge in [-0.25, -0.2) is 0 Å². The molecule has 3 rings (SSSR count). The molecule has 0 unspecified atom stereocenters. The standard InChI is InChI=1S/C10H11ClN4O/c11-8-1-9(16-5-7-2-12-3-7)10-14-13-6-15(10)4-8/h1,4,6-7,12H,2-3,5H2. The maximum absolute atomic E-state index is 5.98.